The van der Waals surface area contributed by atoms with Crippen molar-refractivity contribution in [3.8, 4) is 22.9 Å². The third-order valence-corrected chi connectivity index (χ3v) is 10.4. The Bertz CT molecular complexity index is 1810. The predicted molar refractivity (Wildman–Crippen MR) is 183 cm³/mol. The first-order chi connectivity index (χ1) is 22.4. The number of hydrogen-bond donors (Lipinski definition) is 1. The number of likely N-dealkylation sites (tertiary alicyclic amines) is 2. The maximum absolute atomic E-state index is 12.1. The van der Waals surface area contributed by atoms with Gasteiger partial charge in [0.05, 0.1) is 18.8 Å². The van der Waals surface area contributed by atoms with Gasteiger partial charge in [-0.25, -0.2) is 0 Å². The minimum absolute atomic E-state index is 0.00693. The van der Waals surface area contributed by atoms with Gasteiger partial charge in [0.2, 0.25) is 5.91 Å². The summed E-state index contributed by atoms with van der Waals surface area (Å²) in [5.74, 6) is 1.41. The summed E-state index contributed by atoms with van der Waals surface area (Å²) in [6.45, 7) is 16.2. The summed E-state index contributed by atoms with van der Waals surface area (Å²) in [5, 5.41) is 9.66. The number of benzene rings is 2. The Balaban J connectivity index is 1.33. The number of nitrogens with zero attached hydrogens (tertiary/aromatic N) is 6. The summed E-state index contributed by atoms with van der Waals surface area (Å²) in [4.78, 5) is 28.9. The van der Waals surface area contributed by atoms with Crippen LogP contribution in [0.15, 0.2) is 43.6 Å². The number of aromatic amines is 1. The van der Waals surface area contributed by atoms with E-state index in [1.165, 1.54) is 6.08 Å². The minimum atomic E-state index is 0.00693. The van der Waals surface area contributed by atoms with Gasteiger partial charge in [0, 0.05) is 71.6 Å². The number of amides is 1. The zero-order valence-electron chi connectivity index (χ0n) is 26.5. The molecule has 0 atom stereocenters. The maximum Gasteiger partial charge on any atom is 0.319 e. The normalized spacial score (nSPS) is 18.6. The molecule has 0 aliphatic carbocycles. The molecule has 3 aliphatic rings. The largest absolute Gasteiger partial charge is 0.494 e. The molecule has 3 saturated heterocycles. The third-order valence-electron chi connectivity index (χ3n) is 10.1. The molecule has 0 saturated carbocycles. The number of piperidine rings is 2. The van der Waals surface area contributed by atoms with Crippen LogP contribution in [0, 0.1) is 5.41 Å². The Kier molecular flexibility index (Phi) is 8.10. The van der Waals surface area contributed by atoms with Crippen molar-refractivity contribution in [3.05, 3.63) is 54.2 Å². The number of rotatable bonds is 8. The summed E-state index contributed by atoms with van der Waals surface area (Å²) in [6.07, 6.45) is 8.82. The molecular weight excluding hydrogens is 602 g/mol. The SMILES string of the molecule is C=CC(=O)N1CC2(CCN(c3nc(OC4CCN(CC)CC4)nc4c(OC)c(-c5c(Cl)ccc6[nH]ncc56)c(C=C)cc34)CC2)C1. The number of H-pyrrole nitrogens is 1. The molecule has 0 unspecified atom stereocenters. The zero-order valence-corrected chi connectivity index (χ0v) is 27.3. The van der Waals surface area contributed by atoms with Crippen molar-refractivity contribution in [2.45, 2.75) is 38.7 Å². The molecule has 11 heteroatoms. The van der Waals surface area contributed by atoms with E-state index >= 15 is 0 Å². The first-order valence-corrected chi connectivity index (χ1v) is 16.5. The molecule has 1 N–H and O–H groups in total. The summed E-state index contributed by atoms with van der Waals surface area (Å²) < 4.78 is 12.8. The standard InChI is InChI=1S/C35H40ClN7O3/c1-5-22-18-24-31(32(45-4)29(22)30-25-19-37-40-27(25)9-8-26(30)36)38-34(46-23-10-14-41(7-3)15-11-23)39-33(24)42-16-12-35(13-17-42)20-43(21-35)28(44)6-2/h5-6,8-9,18-19,23H,1-2,7,10-17,20-21H2,3-4H3,(H,37,40). The van der Waals surface area contributed by atoms with E-state index in [0.29, 0.717) is 22.3 Å². The van der Waals surface area contributed by atoms with Crippen LogP contribution < -0.4 is 14.4 Å². The quantitative estimate of drug-likeness (QED) is 0.236. The lowest BCUT2D eigenvalue weighted by Gasteiger charge is -2.54. The molecule has 46 heavy (non-hydrogen) atoms. The fraction of sp³-hybridized carbons (Fsp3) is 0.429. The average Bonchev–Trinajstić information content (AvgIpc) is 3.55. The van der Waals surface area contributed by atoms with Crippen LogP contribution in [0.5, 0.6) is 11.8 Å². The van der Waals surface area contributed by atoms with Crippen molar-refractivity contribution < 1.29 is 14.3 Å². The number of methoxy groups -OCH3 is 1. The van der Waals surface area contributed by atoms with E-state index in [9.17, 15) is 4.79 Å². The van der Waals surface area contributed by atoms with Gasteiger partial charge in [-0.1, -0.05) is 37.8 Å². The van der Waals surface area contributed by atoms with Crippen molar-refractivity contribution in [1.29, 1.82) is 0 Å². The van der Waals surface area contributed by atoms with Crippen LogP contribution >= 0.6 is 11.6 Å². The highest BCUT2D eigenvalue weighted by Gasteiger charge is 2.46. The number of carbonyl (C=O) groups excluding carboxylic acids is 1. The van der Waals surface area contributed by atoms with Crippen molar-refractivity contribution in [1.82, 2.24) is 30.0 Å². The van der Waals surface area contributed by atoms with E-state index in [4.69, 9.17) is 31.0 Å². The molecule has 240 valence electrons. The Morgan fingerprint density at radius 1 is 1.11 bits per heavy atom. The Morgan fingerprint density at radius 3 is 2.54 bits per heavy atom. The van der Waals surface area contributed by atoms with Crippen LogP contribution in [0.2, 0.25) is 5.02 Å². The Morgan fingerprint density at radius 2 is 1.87 bits per heavy atom. The fourth-order valence-electron chi connectivity index (χ4n) is 7.43. The van der Waals surface area contributed by atoms with Crippen molar-refractivity contribution >= 4 is 51.2 Å². The monoisotopic (exact) mass is 641 g/mol. The lowest BCUT2D eigenvalue weighted by Crippen LogP contribution is -2.61. The van der Waals surface area contributed by atoms with Gasteiger partial charge in [0.15, 0.2) is 5.75 Å². The highest BCUT2D eigenvalue weighted by atomic mass is 35.5. The molecule has 3 aliphatic heterocycles. The van der Waals surface area contributed by atoms with Gasteiger partial charge in [0.25, 0.3) is 0 Å². The Hall–Kier alpha value is -4.15. The van der Waals surface area contributed by atoms with E-state index in [0.717, 1.165) is 110 Å². The van der Waals surface area contributed by atoms with Crippen LogP contribution in [0.4, 0.5) is 5.82 Å². The van der Waals surface area contributed by atoms with E-state index < -0.39 is 0 Å². The minimum Gasteiger partial charge on any atom is -0.494 e. The van der Waals surface area contributed by atoms with E-state index in [1.54, 1.807) is 13.3 Å². The van der Waals surface area contributed by atoms with Crippen LogP contribution in [0.3, 0.4) is 0 Å². The number of halogens is 1. The highest BCUT2D eigenvalue weighted by molar-refractivity contribution is 6.35. The molecular formula is C35H40ClN7O3. The third kappa shape index (κ3) is 5.27. The van der Waals surface area contributed by atoms with Gasteiger partial charge < -0.3 is 24.2 Å². The van der Waals surface area contributed by atoms with E-state index in [1.807, 2.05) is 23.1 Å². The van der Waals surface area contributed by atoms with E-state index in [2.05, 4.69) is 46.1 Å². The highest BCUT2D eigenvalue weighted by Crippen LogP contribution is 2.48. The molecule has 2 aromatic carbocycles. The molecule has 1 spiro atoms. The summed E-state index contributed by atoms with van der Waals surface area (Å²) in [7, 11) is 1.66. The zero-order chi connectivity index (χ0) is 32.0. The second kappa shape index (κ2) is 12.2. The molecule has 7 rings (SSSR count). The van der Waals surface area contributed by atoms with Gasteiger partial charge in [-0.15, -0.1) is 0 Å². The molecule has 0 bridgehead atoms. The fourth-order valence-corrected chi connectivity index (χ4v) is 7.69. The summed E-state index contributed by atoms with van der Waals surface area (Å²) >= 11 is 6.89. The molecule has 3 fully saturated rings. The number of aromatic nitrogens is 4. The predicted octanol–water partition coefficient (Wildman–Crippen LogP) is 5.96. The van der Waals surface area contributed by atoms with Crippen LogP contribution in [0.1, 0.15) is 38.2 Å². The second-order valence-corrected chi connectivity index (χ2v) is 13.1. The van der Waals surface area contributed by atoms with Gasteiger partial charge >= 0.3 is 6.01 Å². The van der Waals surface area contributed by atoms with Gasteiger partial charge in [0.1, 0.15) is 17.4 Å². The van der Waals surface area contributed by atoms with Gasteiger partial charge in [-0.05, 0) is 62.1 Å². The molecule has 1 amide bonds. The summed E-state index contributed by atoms with van der Waals surface area (Å²) in [5.41, 5.74) is 4.14. The Labute approximate surface area is 274 Å². The molecule has 4 aromatic rings. The van der Waals surface area contributed by atoms with Gasteiger partial charge in [-0.3, -0.25) is 9.89 Å². The number of ether oxygens (including phenoxy) is 2. The molecule has 5 heterocycles. The molecule has 10 nitrogen and oxygen atoms in total. The number of anilines is 1. The first kappa shape index (κ1) is 30.5. The number of fused-ring (bicyclic) bond motifs is 2. The van der Waals surface area contributed by atoms with E-state index in [-0.39, 0.29) is 17.4 Å². The number of nitrogens with one attached hydrogen (secondary N) is 1. The maximum atomic E-state index is 12.1. The van der Waals surface area contributed by atoms with Crippen molar-refractivity contribution in [2.75, 3.05) is 57.8 Å². The van der Waals surface area contributed by atoms with Crippen molar-refractivity contribution in [2.24, 2.45) is 5.41 Å². The van der Waals surface area contributed by atoms with Crippen LogP contribution in [0.25, 0.3) is 39.0 Å². The number of hydrogen-bond acceptors (Lipinski definition) is 8. The van der Waals surface area contributed by atoms with Gasteiger partial charge in [-0.2, -0.15) is 15.1 Å². The number of carbonyl (C=O) groups is 1. The van der Waals surface area contributed by atoms with Crippen LogP contribution in [-0.4, -0.2) is 94.9 Å². The first-order valence-electron chi connectivity index (χ1n) is 16.1. The molecule has 2 aromatic heterocycles. The molecule has 0 radical (unpaired) electrons. The van der Waals surface area contributed by atoms with Crippen molar-refractivity contribution in [3.63, 3.8) is 0 Å². The lowest BCUT2D eigenvalue weighted by atomic mass is 9.72. The topological polar surface area (TPSA) is 99.7 Å². The average molecular weight is 642 g/mol. The second-order valence-electron chi connectivity index (χ2n) is 12.7. The lowest BCUT2D eigenvalue weighted by molar-refractivity contribution is -0.139. The summed E-state index contributed by atoms with van der Waals surface area (Å²) in [6, 6.07) is 6.23. The smallest absolute Gasteiger partial charge is 0.319 e. The van der Waals surface area contributed by atoms with Crippen LogP contribution in [-0.2, 0) is 4.79 Å².